The molecule has 1 N–H and O–H groups in total. The number of ether oxygens (including phenoxy) is 1. The molecule has 5 heteroatoms. The summed E-state index contributed by atoms with van der Waals surface area (Å²) >= 11 is 0. The van der Waals surface area contributed by atoms with Crippen LogP contribution in [0.3, 0.4) is 0 Å². The van der Waals surface area contributed by atoms with Gasteiger partial charge < -0.3 is 14.5 Å². The number of alkyl carbamates (subject to hydrolysis) is 1. The second-order valence-corrected chi connectivity index (χ2v) is 2.56. The van der Waals surface area contributed by atoms with Crippen LogP contribution in [-0.2, 0) is 4.74 Å². The van der Waals surface area contributed by atoms with Crippen LogP contribution in [0.25, 0.3) is 0 Å². The van der Waals surface area contributed by atoms with Crippen molar-refractivity contribution < 1.29 is 13.9 Å². The molecular weight excluding hydrogens is 160 g/mol. The number of nitrogens with zero attached hydrogens (tertiary/aromatic N) is 1. The quantitative estimate of drug-likeness (QED) is 0.672. The molecule has 12 heavy (non-hydrogen) atoms. The maximum Gasteiger partial charge on any atom is 0.408 e. The van der Waals surface area contributed by atoms with Crippen molar-refractivity contribution in [1.29, 1.82) is 0 Å². The number of amides is 1. The molecule has 64 valence electrons. The Morgan fingerprint density at radius 2 is 2.58 bits per heavy atom. The van der Waals surface area contributed by atoms with Crippen molar-refractivity contribution >= 4 is 6.09 Å². The molecule has 1 aliphatic heterocycles. The maximum absolute atomic E-state index is 10.6. The molecule has 0 spiro atoms. The van der Waals surface area contributed by atoms with Crippen LogP contribution in [0.1, 0.15) is 17.8 Å². The molecular formula is C7H8N2O3. The highest BCUT2D eigenvalue weighted by Gasteiger charge is 2.26. The Morgan fingerprint density at radius 1 is 1.75 bits per heavy atom. The lowest BCUT2D eigenvalue weighted by Gasteiger charge is -2.00. The van der Waals surface area contributed by atoms with Crippen LogP contribution in [0, 0.1) is 6.92 Å². The van der Waals surface area contributed by atoms with Gasteiger partial charge in [0.2, 0.25) is 0 Å². The van der Waals surface area contributed by atoms with Crippen LogP contribution >= 0.6 is 0 Å². The highest BCUT2D eigenvalue weighted by atomic mass is 16.6. The van der Waals surface area contributed by atoms with E-state index in [2.05, 4.69) is 10.3 Å². The molecule has 1 atom stereocenters. The Kier molecular flexibility index (Phi) is 1.49. The van der Waals surface area contributed by atoms with Gasteiger partial charge in [-0.15, -0.1) is 0 Å². The first-order valence-corrected chi connectivity index (χ1v) is 3.62. The zero-order chi connectivity index (χ0) is 8.55. The van der Waals surface area contributed by atoms with E-state index in [4.69, 9.17) is 9.15 Å². The first-order chi connectivity index (χ1) is 5.75. The zero-order valence-corrected chi connectivity index (χ0v) is 6.53. The van der Waals surface area contributed by atoms with E-state index in [-0.39, 0.29) is 6.10 Å². The molecule has 1 amide bonds. The van der Waals surface area contributed by atoms with Gasteiger partial charge in [-0.3, -0.25) is 0 Å². The van der Waals surface area contributed by atoms with Crippen LogP contribution in [0.5, 0.6) is 0 Å². The van der Waals surface area contributed by atoms with Gasteiger partial charge in [0.05, 0.1) is 12.7 Å². The maximum atomic E-state index is 10.6. The number of nitrogens with one attached hydrogen (secondary N) is 1. The van der Waals surface area contributed by atoms with Gasteiger partial charge in [0, 0.05) is 6.92 Å². The van der Waals surface area contributed by atoms with E-state index >= 15 is 0 Å². The van der Waals surface area contributed by atoms with Gasteiger partial charge in [0.25, 0.3) is 0 Å². The van der Waals surface area contributed by atoms with Crippen molar-refractivity contribution in [2.45, 2.75) is 13.0 Å². The molecule has 2 heterocycles. The lowest BCUT2D eigenvalue weighted by molar-refractivity contribution is 0.128. The summed E-state index contributed by atoms with van der Waals surface area (Å²) in [5.74, 6) is 1.17. The second kappa shape index (κ2) is 2.51. The Hall–Kier alpha value is -1.52. The molecule has 0 radical (unpaired) electrons. The van der Waals surface area contributed by atoms with Crippen molar-refractivity contribution in [2.75, 3.05) is 6.54 Å². The smallest absolute Gasteiger partial charge is 0.408 e. The van der Waals surface area contributed by atoms with Crippen LogP contribution in [0.4, 0.5) is 4.79 Å². The van der Waals surface area contributed by atoms with Gasteiger partial charge in [-0.1, -0.05) is 0 Å². The van der Waals surface area contributed by atoms with Gasteiger partial charge >= 0.3 is 6.09 Å². The lowest BCUT2D eigenvalue weighted by atomic mass is 10.3. The number of hydrogen-bond acceptors (Lipinski definition) is 4. The fourth-order valence-corrected chi connectivity index (χ4v) is 1.07. The molecule has 5 nitrogen and oxygen atoms in total. The summed E-state index contributed by atoms with van der Waals surface area (Å²) in [5.41, 5.74) is 0. The van der Waals surface area contributed by atoms with Gasteiger partial charge in [-0.2, -0.15) is 0 Å². The third kappa shape index (κ3) is 1.13. The van der Waals surface area contributed by atoms with Gasteiger partial charge in [-0.05, 0) is 0 Å². The Morgan fingerprint density at radius 3 is 3.08 bits per heavy atom. The van der Waals surface area contributed by atoms with E-state index in [0.29, 0.717) is 18.2 Å². The third-order valence-corrected chi connectivity index (χ3v) is 1.64. The summed E-state index contributed by atoms with van der Waals surface area (Å²) in [4.78, 5) is 14.5. The van der Waals surface area contributed by atoms with Gasteiger partial charge in [-0.25, -0.2) is 9.78 Å². The van der Waals surface area contributed by atoms with Crippen molar-refractivity contribution in [3.05, 3.63) is 17.8 Å². The Balaban J connectivity index is 2.15. The van der Waals surface area contributed by atoms with Crippen LogP contribution < -0.4 is 5.32 Å². The zero-order valence-electron chi connectivity index (χ0n) is 6.53. The number of carbonyl (C=O) groups excluding carboxylic acids is 1. The fourth-order valence-electron chi connectivity index (χ4n) is 1.07. The molecule has 1 saturated heterocycles. The van der Waals surface area contributed by atoms with E-state index in [1.165, 1.54) is 0 Å². The van der Waals surface area contributed by atoms with Crippen molar-refractivity contribution in [3.63, 3.8) is 0 Å². The minimum absolute atomic E-state index is 0.321. The summed E-state index contributed by atoms with van der Waals surface area (Å²) in [5, 5.41) is 2.53. The minimum atomic E-state index is -0.408. The normalized spacial score (nSPS) is 22.1. The minimum Gasteiger partial charge on any atom is -0.442 e. The summed E-state index contributed by atoms with van der Waals surface area (Å²) in [6.45, 7) is 2.20. The molecule has 1 aromatic heterocycles. The van der Waals surface area contributed by atoms with Gasteiger partial charge in [0.15, 0.2) is 17.8 Å². The largest absolute Gasteiger partial charge is 0.442 e. The molecule has 2 rings (SSSR count). The monoisotopic (exact) mass is 168 g/mol. The average molecular weight is 168 g/mol. The van der Waals surface area contributed by atoms with Crippen LogP contribution in [-0.4, -0.2) is 17.6 Å². The van der Waals surface area contributed by atoms with Crippen molar-refractivity contribution in [2.24, 2.45) is 0 Å². The lowest BCUT2D eigenvalue weighted by Crippen LogP contribution is -2.12. The first kappa shape index (κ1) is 7.15. The standard InChI is InChI=1S/C7H8N2O3/c1-4-8-2-5(11-4)6-3-9-7(10)12-6/h2,6H,3H2,1H3,(H,9,10). The summed E-state index contributed by atoms with van der Waals surface area (Å²) < 4.78 is 10.1. The first-order valence-electron chi connectivity index (χ1n) is 3.62. The second-order valence-electron chi connectivity index (χ2n) is 2.56. The molecule has 0 aliphatic carbocycles. The molecule has 1 fully saturated rings. The predicted molar refractivity (Wildman–Crippen MR) is 38.5 cm³/mol. The topological polar surface area (TPSA) is 64.4 Å². The number of cyclic esters (lactones) is 1. The van der Waals surface area contributed by atoms with E-state index < -0.39 is 6.09 Å². The number of carbonyl (C=O) groups is 1. The Labute approximate surface area is 68.7 Å². The highest BCUT2D eigenvalue weighted by molar-refractivity contribution is 5.69. The van der Waals surface area contributed by atoms with E-state index in [0.717, 1.165) is 0 Å². The molecule has 0 aromatic carbocycles. The molecule has 0 saturated carbocycles. The molecule has 1 aromatic rings. The van der Waals surface area contributed by atoms with Gasteiger partial charge in [0.1, 0.15) is 0 Å². The van der Waals surface area contributed by atoms with Crippen LogP contribution in [0.2, 0.25) is 0 Å². The number of aromatic nitrogens is 1. The summed E-state index contributed by atoms with van der Waals surface area (Å²) in [6.07, 6.45) is 0.841. The SMILES string of the molecule is Cc1ncc(C2CNC(=O)O2)o1. The Bertz CT molecular complexity index is 307. The van der Waals surface area contributed by atoms with Crippen molar-refractivity contribution in [1.82, 2.24) is 10.3 Å². The summed E-state index contributed by atoms with van der Waals surface area (Å²) in [7, 11) is 0. The predicted octanol–water partition coefficient (Wildman–Crippen LogP) is 0.764. The average Bonchev–Trinajstić information content (AvgIpc) is 2.58. The molecule has 1 unspecified atom stereocenters. The summed E-state index contributed by atoms with van der Waals surface area (Å²) in [6, 6.07) is 0. The van der Waals surface area contributed by atoms with Crippen LogP contribution in [0.15, 0.2) is 10.6 Å². The van der Waals surface area contributed by atoms with E-state index in [1.54, 1.807) is 13.1 Å². The number of hydrogen-bond donors (Lipinski definition) is 1. The number of rotatable bonds is 1. The molecule has 0 bridgehead atoms. The number of aryl methyl sites for hydroxylation is 1. The fraction of sp³-hybridized carbons (Fsp3) is 0.429. The highest BCUT2D eigenvalue weighted by Crippen LogP contribution is 2.20. The number of oxazole rings is 1. The van der Waals surface area contributed by atoms with E-state index in [1.807, 2.05) is 0 Å². The van der Waals surface area contributed by atoms with E-state index in [9.17, 15) is 4.79 Å². The molecule has 1 aliphatic rings. The van der Waals surface area contributed by atoms with Crippen molar-refractivity contribution in [3.8, 4) is 0 Å². The third-order valence-electron chi connectivity index (χ3n) is 1.64.